The van der Waals surface area contributed by atoms with E-state index in [1.54, 1.807) is 32.9 Å². The molecule has 0 saturated heterocycles. The van der Waals surface area contributed by atoms with Crippen molar-refractivity contribution in [3.63, 3.8) is 0 Å². The van der Waals surface area contributed by atoms with Gasteiger partial charge in [-0.15, -0.1) is 0 Å². The third-order valence-corrected chi connectivity index (χ3v) is 4.91. The molecule has 1 amide bonds. The number of aromatic nitrogens is 1. The normalized spacial score (nSPS) is 13.4. The van der Waals surface area contributed by atoms with Crippen LogP contribution in [0.15, 0.2) is 12.1 Å². The van der Waals surface area contributed by atoms with Gasteiger partial charge in [0.05, 0.1) is 5.60 Å². The highest BCUT2D eigenvalue weighted by molar-refractivity contribution is 6.32. The molecule has 0 aliphatic carbocycles. The van der Waals surface area contributed by atoms with E-state index in [4.69, 9.17) is 20.8 Å². The molecular weight excluding hydrogens is 344 g/mol. The van der Waals surface area contributed by atoms with Crippen molar-refractivity contribution in [1.29, 1.82) is 0 Å². The second-order valence-corrected chi connectivity index (χ2v) is 11.6. The number of amides is 1. The Labute approximate surface area is 152 Å². The summed E-state index contributed by atoms with van der Waals surface area (Å²) >= 11 is 6.12. The number of carbonyl (C=O) groups is 1. The third kappa shape index (κ3) is 7.64. The Balaban J connectivity index is 2.94. The molecule has 0 aliphatic heterocycles. The summed E-state index contributed by atoms with van der Waals surface area (Å²) in [6, 6.07) is 3.53. The lowest BCUT2D eigenvalue weighted by atomic mass is 10.00. The monoisotopic (exact) mass is 372 g/mol. The van der Waals surface area contributed by atoms with Crippen LogP contribution in [0, 0.1) is 0 Å². The molecule has 0 bridgehead atoms. The van der Waals surface area contributed by atoms with E-state index in [1.807, 2.05) is 13.8 Å². The average molecular weight is 373 g/mol. The van der Waals surface area contributed by atoms with Crippen LogP contribution in [0.4, 0.5) is 10.6 Å². The Hall–Kier alpha value is -1.11. The van der Waals surface area contributed by atoms with Crippen molar-refractivity contribution in [2.75, 3.05) is 5.32 Å². The van der Waals surface area contributed by atoms with Gasteiger partial charge in [-0.2, -0.15) is 0 Å². The number of pyridine rings is 1. The van der Waals surface area contributed by atoms with Crippen molar-refractivity contribution < 1.29 is 14.0 Å². The van der Waals surface area contributed by atoms with Crippen LogP contribution in [0.5, 0.6) is 0 Å². The molecule has 1 aromatic heterocycles. The molecule has 0 saturated carbocycles. The number of anilines is 1. The lowest BCUT2D eigenvalue weighted by Gasteiger charge is -2.30. The SMILES string of the molecule is CC(C)(C)OC(=O)Nc1cc(C(C)(C)O[SiH2]C(C)(C)C)cc(Cl)n1. The predicted molar refractivity (Wildman–Crippen MR) is 101 cm³/mol. The summed E-state index contributed by atoms with van der Waals surface area (Å²) in [4.78, 5) is 16.1. The largest absolute Gasteiger partial charge is 0.444 e. The highest BCUT2D eigenvalue weighted by atomic mass is 35.5. The lowest BCUT2D eigenvalue weighted by molar-refractivity contribution is 0.0635. The molecule has 0 fully saturated rings. The van der Waals surface area contributed by atoms with Gasteiger partial charge >= 0.3 is 6.09 Å². The van der Waals surface area contributed by atoms with Crippen molar-refractivity contribution >= 4 is 33.3 Å². The molecule has 1 aromatic rings. The smallest absolute Gasteiger partial charge is 0.413 e. The van der Waals surface area contributed by atoms with E-state index >= 15 is 0 Å². The van der Waals surface area contributed by atoms with Gasteiger partial charge in [-0.25, -0.2) is 9.78 Å². The predicted octanol–water partition coefficient (Wildman–Crippen LogP) is 4.64. The number of nitrogens with one attached hydrogen (secondary N) is 1. The van der Waals surface area contributed by atoms with Crippen LogP contribution in [0.25, 0.3) is 0 Å². The number of halogens is 1. The van der Waals surface area contributed by atoms with E-state index < -0.39 is 27.1 Å². The van der Waals surface area contributed by atoms with E-state index in [1.165, 1.54) is 0 Å². The molecule has 7 heteroatoms. The summed E-state index contributed by atoms with van der Waals surface area (Å²) in [5, 5.41) is 3.11. The number of carbonyl (C=O) groups excluding carboxylic acids is 1. The molecule has 24 heavy (non-hydrogen) atoms. The van der Waals surface area contributed by atoms with Crippen molar-refractivity contribution in [2.24, 2.45) is 0 Å². The molecule has 0 aliphatic rings. The minimum absolute atomic E-state index is 0.186. The van der Waals surface area contributed by atoms with Gasteiger partial charge in [0.2, 0.25) is 0 Å². The van der Waals surface area contributed by atoms with Gasteiger partial charge in [-0.05, 0) is 57.4 Å². The minimum Gasteiger partial charge on any atom is -0.444 e. The Morgan fingerprint density at radius 2 is 1.71 bits per heavy atom. The first-order chi connectivity index (χ1) is 10.7. The fourth-order valence-electron chi connectivity index (χ4n) is 1.80. The molecule has 0 aromatic carbocycles. The molecular formula is C17H29ClN2O3Si. The summed E-state index contributed by atoms with van der Waals surface area (Å²) < 4.78 is 11.4. The van der Waals surface area contributed by atoms with Gasteiger partial charge in [0.15, 0.2) is 9.76 Å². The van der Waals surface area contributed by atoms with Crippen LogP contribution in [-0.4, -0.2) is 26.4 Å². The fourth-order valence-corrected chi connectivity index (χ4v) is 2.97. The van der Waals surface area contributed by atoms with E-state index in [-0.39, 0.29) is 5.04 Å². The molecule has 0 radical (unpaired) electrons. The van der Waals surface area contributed by atoms with E-state index in [2.05, 4.69) is 31.1 Å². The highest BCUT2D eigenvalue weighted by Crippen LogP contribution is 2.31. The van der Waals surface area contributed by atoms with Crippen LogP contribution in [-0.2, 0) is 14.8 Å². The summed E-state index contributed by atoms with van der Waals surface area (Å²) in [7, 11) is -0.743. The van der Waals surface area contributed by atoms with Crippen molar-refractivity contribution in [3.05, 3.63) is 22.8 Å². The molecule has 136 valence electrons. The van der Waals surface area contributed by atoms with Crippen LogP contribution in [0.3, 0.4) is 0 Å². The topological polar surface area (TPSA) is 60.5 Å². The first-order valence-corrected chi connectivity index (χ1v) is 9.66. The Morgan fingerprint density at radius 1 is 1.12 bits per heavy atom. The van der Waals surface area contributed by atoms with E-state index in [0.717, 1.165) is 5.56 Å². The van der Waals surface area contributed by atoms with Gasteiger partial charge < -0.3 is 9.16 Å². The van der Waals surface area contributed by atoms with Gasteiger partial charge in [-0.1, -0.05) is 32.4 Å². The molecule has 1 rings (SSSR count). The molecule has 1 N–H and O–H groups in total. The summed E-state index contributed by atoms with van der Waals surface area (Å²) in [6.07, 6.45) is -0.564. The molecule has 5 nitrogen and oxygen atoms in total. The Kier molecular flexibility index (Phi) is 6.47. The zero-order valence-electron chi connectivity index (χ0n) is 15.9. The first-order valence-electron chi connectivity index (χ1n) is 8.00. The second kappa shape index (κ2) is 7.41. The number of nitrogens with zero attached hydrogens (tertiary/aromatic N) is 1. The third-order valence-electron chi connectivity index (χ3n) is 2.98. The van der Waals surface area contributed by atoms with Crippen LogP contribution in [0.1, 0.15) is 61.0 Å². The number of hydrogen-bond donors (Lipinski definition) is 1. The molecule has 1 heterocycles. The standard InChI is InChI=1S/C17H29ClN2O3Si/c1-15(2,3)22-14(21)20-13-10-11(9-12(18)19-13)17(7,8)23-24-16(4,5)6/h9-10H,24H2,1-8H3,(H,19,20,21). The van der Waals surface area contributed by atoms with Gasteiger partial charge in [0, 0.05) is 0 Å². The molecule has 0 unspecified atom stereocenters. The fraction of sp³-hybridized carbons (Fsp3) is 0.647. The quantitative estimate of drug-likeness (QED) is 0.618. The number of hydrogen-bond acceptors (Lipinski definition) is 4. The van der Waals surface area contributed by atoms with E-state index in [0.29, 0.717) is 11.0 Å². The first kappa shape index (κ1) is 20.9. The maximum Gasteiger partial charge on any atom is 0.413 e. The van der Waals surface area contributed by atoms with Gasteiger partial charge in [-0.3, -0.25) is 5.32 Å². The summed E-state index contributed by atoms with van der Waals surface area (Å²) in [6.45, 7) is 15.9. The minimum atomic E-state index is -0.743. The zero-order valence-corrected chi connectivity index (χ0v) is 18.1. The Bertz CT molecular complexity index is 592. The van der Waals surface area contributed by atoms with Crippen molar-refractivity contribution in [2.45, 2.75) is 71.6 Å². The van der Waals surface area contributed by atoms with Crippen LogP contribution < -0.4 is 5.32 Å². The molecule has 0 spiro atoms. The number of ether oxygens (including phenoxy) is 1. The molecule has 0 atom stereocenters. The lowest BCUT2D eigenvalue weighted by Crippen LogP contribution is -2.29. The van der Waals surface area contributed by atoms with Crippen molar-refractivity contribution in [1.82, 2.24) is 4.98 Å². The van der Waals surface area contributed by atoms with Gasteiger partial charge in [0.1, 0.15) is 16.6 Å². The summed E-state index contributed by atoms with van der Waals surface area (Å²) in [5.41, 5.74) is -0.215. The van der Waals surface area contributed by atoms with Crippen LogP contribution >= 0.6 is 11.6 Å². The zero-order chi connectivity index (χ0) is 18.8. The van der Waals surface area contributed by atoms with E-state index in [9.17, 15) is 4.79 Å². The van der Waals surface area contributed by atoms with Crippen LogP contribution in [0.2, 0.25) is 10.2 Å². The average Bonchev–Trinajstić information content (AvgIpc) is 2.32. The highest BCUT2D eigenvalue weighted by Gasteiger charge is 2.26. The van der Waals surface area contributed by atoms with Gasteiger partial charge in [0.25, 0.3) is 0 Å². The summed E-state index contributed by atoms with van der Waals surface area (Å²) in [5.74, 6) is 0.348. The maximum atomic E-state index is 11.9. The maximum absolute atomic E-state index is 11.9. The second-order valence-electron chi connectivity index (χ2n) is 8.55. The number of rotatable bonds is 4. The Morgan fingerprint density at radius 3 is 2.21 bits per heavy atom. The van der Waals surface area contributed by atoms with Crippen molar-refractivity contribution in [3.8, 4) is 0 Å².